The van der Waals surface area contributed by atoms with Crippen LogP contribution in [0.2, 0.25) is 0 Å². The summed E-state index contributed by atoms with van der Waals surface area (Å²) in [6, 6.07) is 0. The molecule has 0 unspecified atom stereocenters. The summed E-state index contributed by atoms with van der Waals surface area (Å²) < 4.78 is 50.9. The predicted molar refractivity (Wildman–Crippen MR) is 54.1 cm³/mol. The molecule has 0 aliphatic carbocycles. The van der Waals surface area contributed by atoms with Crippen LogP contribution in [0, 0.1) is 0 Å². The first-order valence-electron chi connectivity index (χ1n) is 7.10. The fourth-order valence-electron chi connectivity index (χ4n) is 0.983. The molecule has 0 bridgehead atoms. The Morgan fingerprint density at radius 3 is 3.12 bits per heavy atom. The number of nitrogens with one attached hydrogen (secondary N) is 1. The Bertz CT molecular complexity index is 565. The van der Waals surface area contributed by atoms with Crippen LogP contribution < -0.4 is 10.1 Å². The number of aromatic nitrogens is 2. The van der Waals surface area contributed by atoms with Crippen LogP contribution in [-0.2, 0) is 16.6 Å². The van der Waals surface area contributed by atoms with E-state index in [1.807, 2.05) is 0 Å². The van der Waals surface area contributed by atoms with E-state index >= 15 is 0 Å². The average Bonchev–Trinajstić information content (AvgIpc) is 2.62. The second-order valence-electron chi connectivity index (χ2n) is 2.78. The number of nitrogens with zero attached hydrogens (tertiary/aromatic N) is 2. The van der Waals surface area contributed by atoms with Crippen molar-refractivity contribution in [3.8, 4) is 5.88 Å². The summed E-state index contributed by atoms with van der Waals surface area (Å²) in [7, 11) is -4.28. The molecule has 1 heterocycles. The second-order valence-corrected chi connectivity index (χ2v) is 2.78. The zero-order valence-corrected chi connectivity index (χ0v) is 8.31. The van der Waals surface area contributed by atoms with Crippen LogP contribution in [-0.4, -0.2) is 42.3 Å². The van der Waals surface area contributed by atoms with Crippen molar-refractivity contribution in [2.24, 2.45) is 7.05 Å². The Morgan fingerprint density at radius 1 is 1.62 bits per heavy atom. The van der Waals surface area contributed by atoms with Crippen molar-refractivity contribution >= 4 is 11.9 Å². The van der Waals surface area contributed by atoms with E-state index in [0.29, 0.717) is 0 Å². The smallest absolute Gasteiger partial charge is 0.325 e. The lowest BCUT2D eigenvalue weighted by Crippen LogP contribution is -2.30. The molecule has 1 aromatic heterocycles. The molecule has 0 saturated carbocycles. The Hall–Kier alpha value is -2.05. The quantitative estimate of drug-likeness (QED) is 0.697. The molecule has 0 aliphatic rings. The Morgan fingerprint density at radius 2 is 2.44 bits per heavy atom. The summed E-state index contributed by atoms with van der Waals surface area (Å²) >= 11 is 0. The summed E-state index contributed by atoms with van der Waals surface area (Å²) in [5, 5.41) is 5.75. The van der Waals surface area contributed by atoms with E-state index in [2.05, 4.69) is 19.9 Å². The van der Waals surface area contributed by atoms with Crippen molar-refractivity contribution in [3.63, 3.8) is 0 Å². The fraction of sp³-hybridized carbons (Fsp3) is 0.444. The molecule has 0 spiro atoms. The first kappa shape index (κ1) is 5.88. The summed E-state index contributed by atoms with van der Waals surface area (Å²) in [5.74, 6) is -2.48. The Balaban J connectivity index is 2.72. The molecule has 0 saturated heterocycles. The van der Waals surface area contributed by atoms with Gasteiger partial charge >= 0.3 is 5.97 Å². The van der Waals surface area contributed by atoms with Crippen molar-refractivity contribution in [1.29, 1.82) is 0 Å². The molecule has 7 heteroatoms. The average molecular weight is 233 g/mol. The van der Waals surface area contributed by atoms with Crippen LogP contribution in [0.5, 0.6) is 5.88 Å². The molecule has 1 rings (SSSR count). The number of amides is 1. The molecule has 0 aliphatic heterocycles. The van der Waals surface area contributed by atoms with Crippen molar-refractivity contribution in [2.75, 3.05) is 20.6 Å². The van der Waals surface area contributed by atoms with Gasteiger partial charge in [-0.15, -0.1) is 5.10 Å². The van der Waals surface area contributed by atoms with Gasteiger partial charge < -0.3 is 14.8 Å². The van der Waals surface area contributed by atoms with Gasteiger partial charge in [-0.25, -0.2) is 0 Å². The minimum absolute atomic E-state index is 0.222. The van der Waals surface area contributed by atoms with Crippen LogP contribution in [0.3, 0.4) is 0 Å². The normalized spacial score (nSPS) is 16.8. The summed E-state index contributed by atoms with van der Waals surface area (Å²) in [6.07, 6.45) is 1.19. The monoisotopic (exact) mass is 233 g/mol. The molecule has 1 amide bonds. The highest BCUT2D eigenvalue weighted by Gasteiger charge is 2.16. The largest absolute Gasteiger partial charge is 0.479 e. The molecule has 0 atom stereocenters. The Labute approximate surface area is 101 Å². The molecule has 0 fully saturated rings. The van der Waals surface area contributed by atoms with E-state index in [4.69, 9.17) is 8.22 Å². The van der Waals surface area contributed by atoms with E-state index in [9.17, 15) is 9.59 Å². The molecule has 0 aromatic carbocycles. The molecule has 1 N–H and O–H groups in total. The number of esters is 1. The van der Waals surface area contributed by atoms with Crippen LogP contribution in [0.1, 0.15) is 18.6 Å². The predicted octanol–water partition coefficient (Wildman–Crippen LogP) is -0.669. The highest BCUT2D eigenvalue weighted by molar-refractivity contribution is 5.97. The summed E-state index contributed by atoms with van der Waals surface area (Å²) in [6.45, 7) is -0.709. The van der Waals surface area contributed by atoms with Gasteiger partial charge in [0.25, 0.3) is 5.91 Å². The number of carbonyl (C=O) groups is 2. The van der Waals surface area contributed by atoms with E-state index in [1.54, 1.807) is 0 Å². The van der Waals surface area contributed by atoms with Crippen LogP contribution in [0.4, 0.5) is 0 Å². The maximum absolute atomic E-state index is 11.9. The van der Waals surface area contributed by atoms with Crippen molar-refractivity contribution < 1.29 is 27.3 Å². The maximum atomic E-state index is 11.9. The van der Waals surface area contributed by atoms with E-state index < -0.39 is 38.4 Å². The topological polar surface area (TPSA) is 82.5 Å². The maximum Gasteiger partial charge on any atom is 0.325 e. The van der Waals surface area contributed by atoms with Crippen molar-refractivity contribution in [3.05, 3.63) is 11.8 Å². The number of aryl methyl sites for hydroxylation is 1. The molecule has 7 nitrogen and oxygen atoms in total. The van der Waals surface area contributed by atoms with E-state index in [0.717, 1.165) is 4.68 Å². The zero-order chi connectivity index (χ0) is 17.1. The molecule has 1 aromatic rings. The molecule has 88 valence electrons. The lowest BCUT2D eigenvalue weighted by Gasteiger charge is -2.02. The third-order valence-electron chi connectivity index (χ3n) is 1.64. The van der Waals surface area contributed by atoms with Gasteiger partial charge in [-0.2, -0.15) is 0 Å². The molecule has 16 heavy (non-hydrogen) atoms. The van der Waals surface area contributed by atoms with Gasteiger partial charge in [0, 0.05) is 13.2 Å². The van der Waals surface area contributed by atoms with Crippen molar-refractivity contribution in [2.45, 2.75) is 0 Å². The standard InChI is InChI=1S/C9H13N3O4/c1-12-5-6(9(11-12)16-3)8(14)10-4-7(13)15-2/h5H,4H2,1-3H3,(H,10,14)/i2D3,3D3. The molecular formula is C9H13N3O4. The van der Waals surface area contributed by atoms with E-state index in [-0.39, 0.29) is 5.56 Å². The van der Waals surface area contributed by atoms with Crippen LogP contribution in [0.15, 0.2) is 6.20 Å². The van der Waals surface area contributed by atoms with Gasteiger partial charge in [-0.05, 0) is 0 Å². The number of hydrogen-bond donors (Lipinski definition) is 1. The molecular weight excluding hydrogens is 214 g/mol. The van der Waals surface area contributed by atoms with Gasteiger partial charge in [0.15, 0.2) is 0 Å². The number of ether oxygens (including phenoxy) is 2. The number of methoxy groups -OCH3 is 2. The highest BCUT2D eigenvalue weighted by atomic mass is 16.5. The third kappa shape index (κ3) is 2.72. The number of rotatable bonds is 4. The fourth-order valence-corrected chi connectivity index (χ4v) is 0.983. The summed E-state index contributed by atoms with van der Waals surface area (Å²) in [5.41, 5.74) is -0.222. The lowest BCUT2D eigenvalue weighted by molar-refractivity contribution is -0.139. The highest BCUT2D eigenvalue weighted by Crippen LogP contribution is 2.13. The molecule has 0 radical (unpaired) electrons. The third-order valence-corrected chi connectivity index (χ3v) is 1.64. The first-order valence-corrected chi connectivity index (χ1v) is 4.10. The van der Waals surface area contributed by atoms with Gasteiger partial charge in [-0.3, -0.25) is 14.3 Å². The minimum atomic E-state index is -2.91. The minimum Gasteiger partial charge on any atom is -0.479 e. The Kier molecular flexibility index (Phi) is 1.89. The summed E-state index contributed by atoms with van der Waals surface area (Å²) in [4.78, 5) is 23.0. The second kappa shape index (κ2) is 5.15. The first-order chi connectivity index (χ1) is 9.87. The lowest BCUT2D eigenvalue weighted by atomic mass is 10.3. The number of hydrogen-bond acceptors (Lipinski definition) is 5. The van der Waals surface area contributed by atoms with Crippen LogP contribution in [0.25, 0.3) is 0 Å². The van der Waals surface area contributed by atoms with Gasteiger partial charge in [-0.1, -0.05) is 0 Å². The van der Waals surface area contributed by atoms with Crippen LogP contribution >= 0.6 is 0 Å². The zero-order valence-electron chi connectivity index (χ0n) is 14.3. The van der Waals surface area contributed by atoms with E-state index in [1.165, 1.54) is 13.2 Å². The van der Waals surface area contributed by atoms with Gasteiger partial charge in [0.1, 0.15) is 12.1 Å². The van der Waals surface area contributed by atoms with Crippen molar-refractivity contribution in [1.82, 2.24) is 15.1 Å². The van der Waals surface area contributed by atoms with Gasteiger partial charge in [0.2, 0.25) is 5.88 Å². The SMILES string of the molecule is [2H]C([2H])([2H])OC(=O)CNC(=O)c1cn(C)nc1OC([2H])([2H])[2H]. The van der Waals surface area contributed by atoms with Gasteiger partial charge in [0.05, 0.1) is 22.3 Å². The number of carbonyl (C=O) groups excluding carboxylic acids is 2.